The molecule has 2 aromatic carbocycles. The zero-order chi connectivity index (χ0) is 17.7. The predicted octanol–water partition coefficient (Wildman–Crippen LogP) is 2.63. The number of hydrogen-bond donors (Lipinski definition) is 5. The first-order chi connectivity index (χ1) is 11.2. The van der Waals surface area contributed by atoms with Crippen molar-refractivity contribution in [2.75, 3.05) is 0 Å². The second-order valence-corrected chi connectivity index (χ2v) is 6.55. The second-order valence-electron chi connectivity index (χ2n) is 5.38. The summed E-state index contributed by atoms with van der Waals surface area (Å²) in [5.41, 5.74) is 1.10. The van der Waals surface area contributed by atoms with Crippen molar-refractivity contribution in [2.24, 2.45) is 0 Å². The minimum Gasteiger partial charge on any atom is -0.508 e. The third-order valence-electron chi connectivity index (χ3n) is 3.43. The minimum absolute atomic E-state index is 0.170. The van der Waals surface area contributed by atoms with Crippen LogP contribution in [0.4, 0.5) is 0 Å². The van der Waals surface area contributed by atoms with Gasteiger partial charge in [-0.2, -0.15) is 0 Å². The summed E-state index contributed by atoms with van der Waals surface area (Å²) in [6, 6.07) is 10.5. The van der Waals surface area contributed by atoms with Gasteiger partial charge in [-0.05, 0) is 49.1 Å². The largest absolute Gasteiger partial charge is 0.524 e. The number of aliphatic hydroxyl groups is 1. The fourth-order valence-corrected chi connectivity index (χ4v) is 2.79. The number of aryl methyl sites for hydroxylation is 1. The van der Waals surface area contributed by atoms with Crippen molar-refractivity contribution in [3.05, 3.63) is 53.6 Å². The van der Waals surface area contributed by atoms with E-state index in [1.807, 2.05) is 6.07 Å². The summed E-state index contributed by atoms with van der Waals surface area (Å²) in [6.07, 6.45) is 0.515. The number of hydrogen-bond acceptors (Lipinski definition) is 5. The number of phenolic OH excluding ortho intramolecular Hbond substituents is 2. The van der Waals surface area contributed by atoms with Crippen molar-refractivity contribution in [3.8, 4) is 17.2 Å². The van der Waals surface area contributed by atoms with E-state index in [4.69, 9.17) is 9.79 Å². The molecule has 0 aliphatic rings. The lowest BCUT2D eigenvalue weighted by atomic mass is 10.0. The Hall–Kier alpha value is -2.05. The molecule has 0 aliphatic carbocycles. The molecule has 0 saturated heterocycles. The molecule has 0 spiro atoms. The summed E-state index contributed by atoms with van der Waals surface area (Å²) in [5, 5.41) is 29.1. The van der Waals surface area contributed by atoms with Crippen LogP contribution >= 0.6 is 7.82 Å². The summed E-state index contributed by atoms with van der Waals surface area (Å²) < 4.78 is 15.5. The third kappa shape index (κ3) is 5.54. The van der Waals surface area contributed by atoms with Crippen LogP contribution < -0.4 is 4.52 Å². The van der Waals surface area contributed by atoms with Gasteiger partial charge in [0.05, 0.1) is 6.10 Å². The molecule has 1 atom stereocenters. The first-order valence-electron chi connectivity index (χ1n) is 7.28. The van der Waals surface area contributed by atoms with Crippen molar-refractivity contribution >= 4 is 7.82 Å². The van der Waals surface area contributed by atoms with Crippen molar-refractivity contribution in [3.63, 3.8) is 0 Å². The standard InChI is InChI=1S/C16H19O7P/c17-12-5-1-3-11(9-12)4-2-6-15(19)14-8-7-13(18)10-16(14)23-24(20,21)22/h1,3,5,7-10,15,17-19H,2,4,6H2,(H2,20,21,22). The summed E-state index contributed by atoms with van der Waals surface area (Å²) in [5.74, 6) is -0.314. The van der Waals surface area contributed by atoms with Gasteiger partial charge >= 0.3 is 7.82 Å². The van der Waals surface area contributed by atoms with Crippen LogP contribution in [0.15, 0.2) is 42.5 Å². The molecule has 24 heavy (non-hydrogen) atoms. The summed E-state index contributed by atoms with van der Waals surface area (Å²) in [7, 11) is -4.80. The second kappa shape index (κ2) is 7.68. The van der Waals surface area contributed by atoms with Gasteiger partial charge in [-0.1, -0.05) is 12.1 Å². The summed E-state index contributed by atoms with van der Waals surface area (Å²) in [6.45, 7) is 0. The molecular weight excluding hydrogens is 335 g/mol. The van der Waals surface area contributed by atoms with E-state index in [0.29, 0.717) is 19.3 Å². The Labute approximate surface area is 139 Å². The lowest BCUT2D eigenvalue weighted by Crippen LogP contribution is -2.02. The van der Waals surface area contributed by atoms with Gasteiger partial charge in [0.15, 0.2) is 0 Å². The zero-order valence-corrected chi connectivity index (χ0v) is 13.6. The van der Waals surface area contributed by atoms with Crippen molar-refractivity contribution in [1.82, 2.24) is 0 Å². The molecule has 0 radical (unpaired) electrons. The summed E-state index contributed by atoms with van der Waals surface area (Å²) >= 11 is 0. The predicted molar refractivity (Wildman–Crippen MR) is 86.8 cm³/mol. The molecule has 0 fully saturated rings. The molecular formula is C16H19O7P. The van der Waals surface area contributed by atoms with Crippen molar-refractivity contribution in [2.45, 2.75) is 25.4 Å². The van der Waals surface area contributed by atoms with Crippen LogP contribution in [0, 0.1) is 0 Å². The van der Waals surface area contributed by atoms with Gasteiger partial charge in [-0.25, -0.2) is 4.57 Å². The van der Waals surface area contributed by atoms with Crippen LogP contribution in [-0.2, 0) is 11.0 Å². The highest BCUT2D eigenvalue weighted by molar-refractivity contribution is 7.46. The number of phosphoric acid groups is 1. The first-order valence-corrected chi connectivity index (χ1v) is 8.81. The number of phenols is 2. The topological polar surface area (TPSA) is 127 Å². The molecule has 2 aromatic rings. The first kappa shape index (κ1) is 18.3. The Balaban J connectivity index is 2.03. The maximum atomic E-state index is 11.0. The molecule has 0 heterocycles. The minimum atomic E-state index is -4.80. The molecule has 1 unspecified atom stereocenters. The maximum absolute atomic E-state index is 11.0. The monoisotopic (exact) mass is 354 g/mol. The van der Waals surface area contributed by atoms with Gasteiger partial charge < -0.3 is 19.8 Å². The molecule has 0 aliphatic heterocycles. The highest BCUT2D eigenvalue weighted by atomic mass is 31.2. The average molecular weight is 354 g/mol. The Morgan fingerprint density at radius 2 is 1.75 bits per heavy atom. The highest BCUT2D eigenvalue weighted by Crippen LogP contribution is 2.42. The van der Waals surface area contributed by atoms with Crippen LogP contribution in [0.3, 0.4) is 0 Å². The van der Waals surface area contributed by atoms with E-state index in [1.54, 1.807) is 18.2 Å². The molecule has 0 amide bonds. The smallest absolute Gasteiger partial charge is 0.508 e. The molecule has 0 aromatic heterocycles. The molecule has 7 nitrogen and oxygen atoms in total. The Bertz CT molecular complexity index is 741. The quantitative estimate of drug-likeness (QED) is 0.484. The fourth-order valence-electron chi connectivity index (χ4n) is 2.37. The van der Waals surface area contributed by atoms with Crippen LogP contribution in [0.25, 0.3) is 0 Å². The Morgan fingerprint density at radius 1 is 1.04 bits per heavy atom. The fraction of sp³-hybridized carbons (Fsp3) is 0.250. The third-order valence-corrected chi connectivity index (χ3v) is 3.86. The van der Waals surface area contributed by atoms with E-state index in [1.165, 1.54) is 12.1 Å². The number of benzene rings is 2. The SMILES string of the molecule is O=P(O)(O)Oc1cc(O)ccc1C(O)CCCc1cccc(O)c1. The van der Waals surface area contributed by atoms with Gasteiger partial charge in [-0.3, -0.25) is 9.79 Å². The van der Waals surface area contributed by atoms with E-state index >= 15 is 0 Å². The van der Waals surface area contributed by atoms with Crippen LogP contribution in [-0.4, -0.2) is 25.1 Å². The lowest BCUT2D eigenvalue weighted by molar-refractivity contribution is 0.161. The molecule has 0 saturated carbocycles. The molecule has 2 rings (SSSR count). The van der Waals surface area contributed by atoms with Crippen LogP contribution in [0.5, 0.6) is 17.2 Å². The molecule has 8 heteroatoms. The maximum Gasteiger partial charge on any atom is 0.524 e. The normalized spacial score (nSPS) is 12.8. The van der Waals surface area contributed by atoms with E-state index in [0.717, 1.165) is 11.6 Å². The highest BCUT2D eigenvalue weighted by Gasteiger charge is 2.22. The van der Waals surface area contributed by atoms with Crippen LogP contribution in [0.2, 0.25) is 0 Å². The summed E-state index contributed by atoms with van der Waals surface area (Å²) in [4.78, 5) is 17.8. The number of aliphatic hydroxyl groups excluding tert-OH is 1. The lowest BCUT2D eigenvalue weighted by Gasteiger charge is -2.16. The average Bonchev–Trinajstić information content (AvgIpc) is 2.45. The molecule has 0 bridgehead atoms. The van der Waals surface area contributed by atoms with Gasteiger partial charge in [-0.15, -0.1) is 0 Å². The van der Waals surface area contributed by atoms with Gasteiger partial charge in [0.2, 0.25) is 0 Å². The molecule has 130 valence electrons. The van der Waals surface area contributed by atoms with Crippen molar-refractivity contribution < 1.29 is 34.2 Å². The number of aromatic hydroxyl groups is 2. The van der Waals surface area contributed by atoms with Gasteiger partial charge in [0.1, 0.15) is 17.2 Å². The van der Waals surface area contributed by atoms with Gasteiger partial charge in [0.25, 0.3) is 0 Å². The Kier molecular flexibility index (Phi) is 5.85. The number of phosphoric ester groups is 1. The van der Waals surface area contributed by atoms with E-state index in [9.17, 15) is 19.9 Å². The van der Waals surface area contributed by atoms with E-state index in [2.05, 4.69) is 4.52 Å². The van der Waals surface area contributed by atoms with Gasteiger partial charge in [0, 0.05) is 11.6 Å². The van der Waals surface area contributed by atoms with Crippen molar-refractivity contribution in [1.29, 1.82) is 0 Å². The number of rotatable bonds is 7. The van der Waals surface area contributed by atoms with E-state index < -0.39 is 13.9 Å². The van der Waals surface area contributed by atoms with E-state index in [-0.39, 0.29) is 22.8 Å². The van der Waals surface area contributed by atoms with Crippen LogP contribution in [0.1, 0.15) is 30.1 Å². The molecule has 5 N–H and O–H groups in total. The zero-order valence-electron chi connectivity index (χ0n) is 12.7. The Morgan fingerprint density at radius 3 is 2.42 bits per heavy atom.